The first-order valence-corrected chi connectivity index (χ1v) is 19.7. The fraction of sp³-hybridized carbons (Fsp3) is 0.439. The lowest BCUT2D eigenvalue weighted by atomic mass is 9.71. The molecule has 4 N–H and O–H groups in total. The minimum atomic E-state index is -1.55. The summed E-state index contributed by atoms with van der Waals surface area (Å²) in [5.74, 6) is 0.206. The number of methoxy groups -OCH3 is 1. The number of carboxylic acid groups (broad SMARTS) is 1. The van der Waals surface area contributed by atoms with Crippen molar-refractivity contribution in [1.82, 2.24) is 20.1 Å². The third-order valence-corrected chi connectivity index (χ3v) is 14.7. The molecule has 1 spiro atoms. The molecule has 2 saturated heterocycles. The van der Waals surface area contributed by atoms with Crippen molar-refractivity contribution in [3.05, 3.63) is 80.5 Å². The third kappa shape index (κ3) is 4.46. The summed E-state index contributed by atoms with van der Waals surface area (Å²) >= 11 is 1.54. The number of esters is 1. The van der Waals surface area contributed by atoms with Crippen molar-refractivity contribution in [1.29, 1.82) is 5.26 Å². The van der Waals surface area contributed by atoms with Gasteiger partial charge in [-0.3, -0.25) is 19.9 Å². The molecule has 2 fully saturated rings. The number of nitriles is 1. The Balaban J connectivity index is 1.24. The molecule has 0 amide bonds. The first-order chi connectivity index (χ1) is 26.5. The predicted molar refractivity (Wildman–Crippen MR) is 202 cm³/mol. The van der Waals surface area contributed by atoms with Crippen LogP contribution in [-0.2, 0) is 32.7 Å². The molecule has 7 aliphatic rings. The number of phenols is 1. The van der Waals surface area contributed by atoms with Crippen LogP contribution >= 0.6 is 11.8 Å². The summed E-state index contributed by atoms with van der Waals surface area (Å²) in [6, 6.07) is 9.08. The van der Waals surface area contributed by atoms with Crippen LogP contribution in [0.3, 0.4) is 0 Å². The fourth-order valence-corrected chi connectivity index (χ4v) is 12.5. The largest absolute Gasteiger partial charge is 0.504 e. The van der Waals surface area contributed by atoms with Crippen molar-refractivity contribution in [2.45, 2.75) is 80.7 Å². The van der Waals surface area contributed by atoms with Gasteiger partial charge in [-0.1, -0.05) is 24.3 Å². The number of carbonyl (C=O) groups is 2. The van der Waals surface area contributed by atoms with E-state index in [4.69, 9.17) is 18.9 Å². The van der Waals surface area contributed by atoms with Crippen LogP contribution < -0.4 is 19.5 Å². The van der Waals surface area contributed by atoms with Crippen molar-refractivity contribution in [3.63, 3.8) is 0 Å². The maximum atomic E-state index is 14.9. The fourth-order valence-electron chi connectivity index (χ4n) is 10.8. The quantitative estimate of drug-likeness (QED) is 0.210. The Morgan fingerprint density at radius 3 is 2.64 bits per heavy atom. The number of fused-ring (bicyclic) bond motifs is 11. The van der Waals surface area contributed by atoms with Gasteiger partial charge >= 0.3 is 11.9 Å². The number of aryl methyl sites for hydroxylation is 1. The maximum Gasteiger partial charge on any atom is 0.333 e. The SMILES string of the molecule is COc1c(C)cc2c(c1O)[C@H]1[C@@H]3[C@@H]4SC[C@]5(N[C@H](C(=O)O)Cc6c5[nH]c5ccccc65)C(=O)OC[C@@H](c5c6c(c(C)c(C)c54)OCO6)N3[C@@H](C#N)[C@@H](C2)N1C. The number of nitrogens with one attached hydrogen (secondary N) is 2. The number of benzene rings is 3. The first-order valence-electron chi connectivity index (χ1n) is 18.6. The number of aromatic amines is 1. The molecule has 11 rings (SSSR count). The molecule has 284 valence electrons. The summed E-state index contributed by atoms with van der Waals surface area (Å²) in [5.41, 5.74) is 7.00. The number of aromatic hydroxyl groups is 1. The monoisotopic (exact) mass is 763 g/mol. The number of carboxylic acids is 1. The van der Waals surface area contributed by atoms with Gasteiger partial charge in [-0.05, 0) is 73.7 Å². The van der Waals surface area contributed by atoms with Gasteiger partial charge in [-0.25, -0.2) is 4.79 Å². The highest BCUT2D eigenvalue weighted by molar-refractivity contribution is 7.99. The van der Waals surface area contributed by atoms with Gasteiger partial charge in [0.25, 0.3) is 0 Å². The first kappa shape index (κ1) is 34.5. The molecule has 13 nitrogen and oxygen atoms in total. The van der Waals surface area contributed by atoms with Gasteiger partial charge in [0.05, 0.1) is 31.0 Å². The molecule has 1 aromatic heterocycles. The van der Waals surface area contributed by atoms with Crippen molar-refractivity contribution >= 4 is 34.6 Å². The van der Waals surface area contributed by atoms with Crippen molar-refractivity contribution in [2.75, 3.05) is 33.3 Å². The lowest BCUT2D eigenvalue weighted by molar-refractivity contribution is -0.158. The Hall–Kier alpha value is -4.94. The molecule has 8 atom stereocenters. The number of para-hydroxylation sites is 1. The number of aliphatic carboxylic acids is 1. The van der Waals surface area contributed by atoms with Crippen LogP contribution in [0, 0.1) is 32.1 Å². The minimum Gasteiger partial charge on any atom is -0.504 e. The van der Waals surface area contributed by atoms with Gasteiger partial charge < -0.3 is 34.1 Å². The molecular formula is C41H41N5O8S. The molecule has 0 radical (unpaired) electrons. The van der Waals surface area contributed by atoms with Crippen LogP contribution in [0.5, 0.6) is 23.0 Å². The Morgan fingerprint density at radius 1 is 1.09 bits per heavy atom. The van der Waals surface area contributed by atoms with Gasteiger partial charge in [0, 0.05) is 51.5 Å². The molecule has 0 aliphatic carbocycles. The highest BCUT2D eigenvalue weighted by Crippen LogP contribution is 2.63. The van der Waals surface area contributed by atoms with Gasteiger partial charge in [0.2, 0.25) is 6.79 Å². The van der Waals surface area contributed by atoms with E-state index in [1.165, 1.54) is 0 Å². The molecule has 8 heterocycles. The number of hydrogen-bond donors (Lipinski definition) is 4. The third-order valence-electron chi connectivity index (χ3n) is 13.3. The predicted octanol–water partition coefficient (Wildman–Crippen LogP) is 4.59. The van der Waals surface area contributed by atoms with Crippen LogP contribution in [0.4, 0.5) is 0 Å². The second-order valence-corrected chi connectivity index (χ2v) is 16.8. The number of thioether (sulfide) groups is 1. The van der Waals surface area contributed by atoms with Crippen LogP contribution in [-0.4, -0.2) is 94.4 Å². The number of carbonyl (C=O) groups excluding carboxylic acids is 1. The standard InChI is InChI=1S/C41H41N5O8S/c1-17-10-20-11-25-26(13-42)46-27-14-52-40(50)41(38-22(12-24(44-41)39(48)49)21-8-6-7-9-23(21)43-38)15-55-37(28-18(2)19(3)35-36(30(27)28)54-16-53-35)32(46)31(45(25)4)29(20)33(47)34(17)51-5/h6-10,24-27,31-32,37,43-44,47H,11-12,14-16H2,1-5H3,(H,48,49)/t24-,25+,26-,27-,31-,32+,37+,41+/m0/s1. The summed E-state index contributed by atoms with van der Waals surface area (Å²) in [6.07, 6.45) is 0.716. The second-order valence-electron chi connectivity index (χ2n) is 15.7. The Labute approximate surface area is 321 Å². The van der Waals surface area contributed by atoms with E-state index in [2.05, 4.69) is 39.2 Å². The molecule has 14 heteroatoms. The minimum absolute atomic E-state index is 0.0443. The maximum absolute atomic E-state index is 14.9. The highest BCUT2D eigenvalue weighted by atomic mass is 32.2. The van der Waals surface area contributed by atoms with E-state index in [0.717, 1.165) is 55.4 Å². The number of rotatable bonds is 2. The molecule has 4 aromatic rings. The number of likely N-dealkylation sites (N-methyl/N-ethyl adjacent to an activating group) is 1. The van der Waals surface area contributed by atoms with Gasteiger partial charge in [0.1, 0.15) is 18.7 Å². The summed E-state index contributed by atoms with van der Waals surface area (Å²) in [5, 5.41) is 37.4. The molecular weight excluding hydrogens is 723 g/mol. The molecule has 0 saturated carbocycles. The van der Waals surface area contributed by atoms with Crippen molar-refractivity contribution < 1.29 is 38.7 Å². The number of piperazine rings is 1. The summed E-state index contributed by atoms with van der Waals surface area (Å²) in [4.78, 5) is 35.7. The Morgan fingerprint density at radius 2 is 1.87 bits per heavy atom. The summed E-state index contributed by atoms with van der Waals surface area (Å²) in [6.45, 7) is 5.93. The number of nitrogens with zero attached hydrogens (tertiary/aromatic N) is 3. The lowest BCUT2D eigenvalue weighted by Gasteiger charge is -2.62. The van der Waals surface area contributed by atoms with Crippen LogP contribution in [0.2, 0.25) is 0 Å². The Bertz CT molecular complexity index is 2410. The van der Waals surface area contributed by atoms with Gasteiger partial charge in [0.15, 0.2) is 28.5 Å². The smallest absolute Gasteiger partial charge is 0.333 e. The van der Waals surface area contributed by atoms with Gasteiger partial charge in [-0.15, -0.1) is 11.8 Å². The molecule has 3 aromatic carbocycles. The van der Waals surface area contributed by atoms with E-state index in [-0.39, 0.29) is 37.4 Å². The van der Waals surface area contributed by atoms with Gasteiger partial charge in [-0.2, -0.15) is 5.26 Å². The van der Waals surface area contributed by atoms with E-state index in [1.54, 1.807) is 18.9 Å². The molecule has 4 bridgehead atoms. The highest BCUT2D eigenvalue weighted by Gasteiger charge is 2.62. The van der Waals surface area contributed by atoms with E-state index < -0.39 is 52.9 Å². The molecule has 7 aliphatic heterocycles. The Kier molecular flexibility index (Phi) is 7.55. The van der Waals surface area contributed by atoms with E-state index in [9.17, 15) is 25.1 Å². The summed E-state index contributed by atoms with van der Waals surface area (Å²) < 4.78 is 24.6. The van der Waals surface area contributed by atoms with E-state index in [1.807, 2.05) is 45.2 Å². The number of aromatic nitrogens is 1. The second kappa shape index (κ2) is 12.0. The average molecular weight is 764 g/mol. The zero-order chi connectivity index (χ0) is 38.2. The average Bonchev–Trinajstić information content (AvgIpc) is 3.81. The van der Waals surface area contributed by atoms with Crippen LogP contribution in [0.1, 0.15) is 67.5 Å². The number of ether oxygens (including phenoxy) is 4. The topological polar surface area (TPSA) is 170 Å². The summed E-state index contributed by atoms with van der Waals surface area (Å²) in [7, 11) is 3.59. The normalized spacial score (nSPS) is 30.5. The van der Waals surface area contributed by atoms with Crippen molar-refractivity contribution in [2.24, 2.45) is 0 Å². The van der Waals surface area contributed by atoms with Crippen LogP contribution in [0.25, 0.3) is 10.9 Å². The number of H-pyrrole nitrogens is 1. The van der Waals surface area contributed by atoms with Crippen LogP contribution in [0.15, 0.2) is 30.3 Å². The molecule has 55 heavy (non-hydrogen) atoms. The lowest BCUT2D eigenvalue weighted by Crippen LogP contribution is -2.70. The number of hydrogen-bond acceptors (Lipinski definition) is 12. The number of phenolic OH excluding ortho intramolecular Hbond substituents is 1. The zero-order valence-electron chi connectivity index (χ0n) is 31.1. The molecule has 0 unspecified atom stereocenters. The van der Waals surface area contributed by atoms with E-state index in [0.29, 0.717) is 29.4 Å². The zero-order valence-corrected chi connectivity index (χ0v) is 31.9. The van der Waals surface area contributed by atoms with Crippen molar-refractivity contribution in [3.8, 4) is 29.1 Å². The van der Waals surface area contributed by atoms with E-state index >= 15 is 0 Å².